The number of hydrogen-bond acceptors (Lipinski definition) is 3. The van der Waals surface area contributed by atoms with E-state index in [0.717, 1.165) is 23.4 Å². The molecule has 2 aromatic carbocycles. The number of amides is 1. The average molecular weight is 285 g/mol. The molecule has 0 aliphatic rings. The van der Waals surface area contributed by atoms with E-state index in [2.05, 4.69) is 12.2 Å². The van der Waals surface area contributed by atoms with Gasteiger partial charge in [-0.3, -0.25) is 4.79 Å². The number of carbonyl (C=O) groups is 1. The van der Waals surface area contributed by atoms with E-state index in [4.69, 9.17) is 4.74 Å². The van der Waals surface area contributed by atoms with Crippen molar-refractivity contribution in [1.29, 1.82) is 0 Å². The van der Waals surface area contributed by atoms with Crippen LogP contribution in [-0.2, 0) is 11.2 Å². The second-order valence-electron chi connectivity index (χ2n) is 4.77. The van der Waals surface area contributed by atoms with Gasteiger partial charge in [0.25, 0.3) is 0 Å². The fraction of sp³-hybridized carbons (Fsp3) is 0.235. The van der Waals surface area contributed by atoms with E-state index in [9.17, 15) is 9.90 Å². The van der Waals surface area contributed by atoms with Crippen molar-refractivity contribution >= 4 is 11.6 Å². The van der Waals surface area contributed by atoms with Gasteiger partial charge in [-0.25, -0.2) is 0 Å². The number of aromatic hydroxyl groups is 1. The highest BCUT2D eigenvalue weighted by Gasteiger charge is 2.05. The van der Waals surface area contributed by atoms with E-state index in [1.165, 1.54) is 0 Å². The van der Waals surface area contributed by atoms with Crippen molar-refractivity contribution in [2.45, 2.75) is 19.8 Å². The SMILES string of the molecule is CCCOc1ccc(NC(=O)Cc2cccc(O)c2)cc1. The summed E-state index contributed by atoms with van der Waals surface area (Å²) in [5.41, 5.74) is 1.50. The molecule has 2 N–H and O–H groups in total. The fourth-order valence-corrected chi connectivity index (χ4v) is 1.91. The van der Waals surface area contributed by atoms with Gasteiger partial charge in [-0.2, -0.15) is 0 Å². The Morgan fingerprint density at radius 3 is 2.62 bits per heavy atom. The van der Waals surface area contributed by atoms with Crippen molar-refractivity contribution in [1.82, 2.24) is 0 Å². The Kier molecular flexibility index (Phi) is 5.21. The highest BCUT2D eigenvalue weighted by atomic mass is 16.5. The third-order valence-electron chi connectivity index (χ3n) is 2.89. The van der Waals surface area contributed by atoms with E-state index in [1.54, 1.807) is 24.3 Å². The van der Waals surface area contributed by atoms with Crippen molar-refractivity contribution in [2.75, 3.05) is 11.9 Å². The molecule has 2 aromatic rings. The van der Waals surface area contributed by atoms with Crippen molar-refractivity contribution in [3.05, 3.63) is 54.1 Å². The summed E-state index contributed by atoms with van der Waals surface area (Å²) in [4.78, 5) is 11.9. The Hall–Kier alpha value is -2.49. The number of benzene rings is 2. The summed E-state index contributed by atoms with van der Waals surface area (Å²) in [6.45, 7) is 2.74. The minimum atomic E-state index is -0.122. The maximum Gasteiger partial charge on any atom is 0.228 e. The number of phenolic OH excluding ortho intramolecular Hbond substituents is 1. The zero-order valence-electron chi connectivity index (χ0n) is 12.0. The van der Waals surface area contributed by atoms with Gasteiger partial charge in [-0.05, 0) is 48.4 Å². The molecule has 0 unspecified atom stereocenters. The Labute approximate surface area is 124 Å². The van der Waals surface area contributed by atoms with Crippen molar-refractivity contribution in [2.24, 2.45) is 0 Å². The third kappa shape index (κ3) is 4.84. The molecule has 0 spiro atoms. The summed E-state index contributed by atoms with van der Waals surface area (Å²) in [6.07, 6.45) is 1.19. The van der Waals surface area contributed by atoms with Gasteiger partial charge in [0.15, 0.2) is 0 Å². The molecule has 4 nitrogen and oxygen atoms in total. The predicted octanol–water partition coefficient (Wildman–Crippen LogP) is 3.36. The van der Waals surface area contributed by atoms with Crippen LogP contribution in [0, 0.1) is 0 Å². The molecular formula is C17H19NO3. The number of ether oxygens (including phenoxy) is 1. The van der Waals surface area contributed by atoms with E-state index >= 15 is 0 Å². The Bertz CT molecular complexity index is 593. The van der Waals surface area contributed by atoms with Crippen molar-refractivity contribution in [3.8, 4) is 11.5 Å². The quantitative estimate of drug-likeness (QED) is 0.855. The maximum absolute atomic E-state index is 11.9. The first-order valence-electron chi connectivity index (χ1n) is 6.98. The predicted molar refractivity (Wildman–Crippen MR) is 82.7 cm³/mol. The van der Waals surface area contributed by atoms with Crippen molar-refractivity contribution < 1.29 is 14.6 Å². The molecular weight excluding hydrogens is 266 g/mol. The lowest BCUT2D eigenvalue weighted by Crippen LogP contribution is -2.14. The van der Waals surface area contributed by atoms with Crippen LogP contribution in [0.25, 0.3) is 0 Å². The number of nitrogens with one attached hydrogen (secondary N) is 1. The molecule has 0 heterocycles. The van der Waals surface area contributed by atoms with Gasteiger partial charge in [0, 0.05) is 5.69 Å². The Morgan fingerprint density at radius 1 is 1.19 bits per heavy atom. The molecule has 0 aliphatic carbocycles. The van der Waals surface area contributed by atoms with Gasteiger partial charge in [0.05, 0.1) is 13.0 Å². The summed E-state index contributed by atoms with van der Waals surface area (Å²) in [6, 6.07) is 14.0. The second-order valence-corrected chi connectivity index (χ2v) is 4.77. The molecule has 0 saturated carbocycles. The normalized spacial score (nSPS) is 10.1. The van der Waals surface area contributed by atoms with Crippen LogP contribution < -0.4 is 10.1 Å². The van der Waals surface area contributed by atoms with Gasteiger partial charge < -0.3 is 15.2 Å². The van der Waals surface area contributed by atoms with Crippen LogP contribution in [0.4, 0.5) is 5.69 Å². The van der Waals surface area contributed by atoms with E-state index in [0.29, 0.717) is 6.61 Å². The smallest absolute Gasteiger partial charge is 0.228 e. The lowest BCUT2D eigenvalue weighted by atomic mass is 10.1. The van der Waals surface area contributed by atoms with E-state index in [-0.39, 0.29) is 18.1 Å². The van der Waals surface area contributed by atoms with Gasteiger partial charge in [-0.1, -0.05) is 19.1 Å². The zero-order chi connectivity index (χ0) is 15.1. The standard InChI is InChI=1S/C17H19NO3/c1-2-10-21-16-8-6-14(7-9-16)18-17(20)12-13-4-3-5-15(19)11-13/h3-9,11,19H,2,10,12H2,1H3,(H,18,20). The van der Waals surface area contributed by atoms with Crippen LogP contribution >= 0.6 is 0 Å². The summed E-state index contributed by atoms with van der Waals surface area (Å²) in [7, 11) is 0. The molecule has 0 atom stereocenters. The number of anilines is 1. The first-order valence-corrected chi connectivity index (χ1v) is 6.98. The second kappa shape index (κ2) is 7.33. The average Bonchev–Trinajstić information content (AvgIpc) is 2.46. The summed E-state index contributed by atoms with van der Waals surface area (Å²) >= 11 is 0. The molecule has 4 heteroatoms. The van der Waals surface area contributed by atoms with Gasteiger partial charge in [0.1, 0.15) is 11.5 Å². The monoisotopic (exact) mass is 285 g/mol. The minimum Gasteiger partial charge on any atom is -0.508 e. The van der Waals surface area contributed by atoms with Crippen LogP contribution in [0.1, 0.15) is 18.9 Å². The molecule has 0 fully saturated rings. The Morgan fingerprint density at radius 2 is 1.95 bits per heavy atom. The van der Waals surface area contributed by atoms with Gasteiger partial charge in [-0.15, -0.1) is 0 Å². The first-order chi connectivity index (χ1) is 10.2. The maximum atomic E-state index is 11.9. The highest BCUT2D eigenvalue weighted by Crippen LogP contribution is 2.17. The van der Waals surface area contributed by atoms with Crippen LogP contribution in [-0.4, -0.2) is 17.6 Å². The first kappa shape index (κ1) is 14.9. The molecule has 21 heavy (non-hydrogen) atoms. The van der Waals surface area contributed by atoms with Crippen LogP contribution in [0.3, 0.4) is 0 Å². The number of rotatable bonds is 6. The molecule has 0 radical (unpaired) electrons. The van der Waals surface area contributed by atoms with Crippen LogP contribution in [0.2, 0.25) is 0 Å². The Balaban J connectivity index is 1.90. The zero-order valence-corrected chi connectivity index (χ0v) is 12.0. The molecule has 0 aliphatic heterocycles. The molecule has 0 aromatic heterocycles. The lowest BCUT2D eigenvalue weighted by Gasteiger charge is -2.08. The van der Waals surface area contributed by atoms with Crippen LogP contribution in [0.5, 0.6) is 11.5 Å². The number of hydrogen-bond donors (Lipinski definition) is 2. The fourth-order valence-electron chi connectivity index (χ4n) is 1.91. The highest BCUT2D eigenvalue weighted by molar-refractivity contribution is 5.92. The number of phenols is 1. The topological polar surface area (TPSA) is 58.6 Å². The summed E-state index contributed by atoms with van der Waals surface area (Å²) in [5, 5.41) is 12.2. The van der Waals surface area contributed by atoms with E-state index < -0.39 is 0 Å². The van der Waals surface area contributed by atoms with Gasteiger partial charge >= 0.3 is 0 Å². The van der Waals surface area contributed by atoms with E-state index in [1.807, 2.05) is 24.3 Å². The molecule has 2 rings (SSSR count). The molecule has 0 bridgehead atoms. The summed E-state index contributed by atoms with van der Waals surface area (Å²) < 4.78 is 5.48. The van der Waals surface area contributed by atoms with Crippen LogP contribution in [0.15, 0.2) is 48.5 Å². The molecule has 110 valence electrons. The van der Waals surface area contributed by atoms with Crippen molar-refractivity contribution in [3.63, 3.8) is 0 Å². The number of carbonyl (C=O) groups excluding carboxylic acids is 1. The lowest BCUT2D eigenvalue weighted by molar-refractivity contribution is -0.115. The van der Waals surface area contributed by atoms with Gasteiger partial charge in [0.2, 0.25) is 5.91 Å². The molecule has 1 amide bonds. The minimum absolute atomic E-state index is 0.122. The summed E-state index contributed by atoms with van der Waals surface area (Å²) in [5.74, 6) is 0.836. The third-order valence-corrected chi connectivity index (χ3v) is 2.89. The molecule has 0 saturated heterocycles. The largest absolute Gasteiger partial charge is 0.508 e.